The summed E-state index contributed by atoms with van der Waals surface area (Å²) in [4.78, 5) is 15.8. The number of amides is 1. The average Bonchev–Trinajstić information content (AvgIpc) is 2.63. The maximum atomic E-state index is 11.9. The summed E-state index contributed by atoms with van der Waals surface area (Å²) in [5, 5.41) is 2.99. The summed E-state index contributed by atoms with van der Waals surface area (Å²) >= 11 is 0. The molecule has 4 heteroatoms. The van der Waals surface area contributed by atoms with E-state index in [1.165, 1.54) is 0 Å². The number of hydrogen-bond donors (Lipinski definition) is 1. The van der Waals surface area contributed by atoms with E-state index in [0.29, 0.717) is 23.4 Å². The lowest BCUT2D eigenvalue weighted by Crippen LogP contribution is -2.34. The van der Waals surface area contributed by atoms with Crippen molar-refractivity contribution >= 4 is 5.91 Å². The van der Waals surface area contributed by atoms with E-state index in [1.54, 1.807) is 17.1 Å². The van der Waals surface area contributed by atoms with Crippen LogP contribution in [0.4, 0.5) is 0 Å². The van der Waals surface area contributed by atoms with Gasteiger partial charge in [-0.2, -0.15) is 0 Å². The number of rotatable bonds is 5. The number of carbonyl (C=O) groups is 1. The monoisotopic (exact) mass is 237 g/mol. The summed E-state index contributed by atoms with van der Waals surface area (Å²) < 4.78 is 1.73. The quantitative estimate of drug-likeness (QED) is 0.852. The maximum Gasteiger partial charge on any atom is 0.269 e. The van der Waals surface area contributed by atoms with Crippen molar-refractivity contribution in [3.05, 3.63) is 18.2 Å². The van der Waals surface area contributed by atoms with Gasteiger partial charge in [-0.25, -0.2) is 4.98 Å². The SMILES string of the molecule is CC(C)C(CNC(=O)c1cncn1C)C(C)C. The van der Waals surface area contributed by atoms with Crippen LogP contribution in [0, 0.1) is 17.8 Å². The van der Waals surface area contributed by atoms with Crippen LogP contribution in [0.15, 0.2) is 12.5 Å². The Morgan fingerprint density at radius 1 is 1.35 bits per heavy atom. The molecule has 0 aliphatic rings. The molecule has 0 saturated carbocycles. The minimum atomic E-state index is -0.0451. The lowest BCUT2D eigenvalue weighted by atomic mass is 9.85. The number of hydrogen-bond acceptors (Lipinski definition) is 2. The molecule has 0 bridgehead atoms. The highest BCUT2D eigenvalue weighted by atomic mass is 16.1. The molecule has 1 aromatic heterocycles. The van der Waals surface area contributed by atoms with Gasteiger partial charge in [0.2, 0.25) is 0 Å². The Morgan fingerprint density at radius 3 is 2.35 bits per heavy atom. The first-order valence-electron chi connectivity index (χ1n) is 6.18. The summed E-state index contributed by atoms with van der Waals surface area (Å²) in [5.74, 6) is 1.60. The van der Waals surface area contributed by atoms with Gasteiger partial charge < -0.3 is 9.88 Å². The summed E-state index contributed by atoms with van der Waals surface area (Å²) in [6, 6.07) is 0. The molecule has 0 spiro atoms. The third-order valence-electron chi connectivity index (χ3n) is 3.26. The molecule has 1 amide bonds. The van der Waals surface area contributed by atoms with Crippen LogP contribution in [0.1, 0.15) is 38.2 Å². The lowest BCUT2D eigenvalue weighted by Gasteiger charge is -2.25. The van der Waals surface area contributed by atoms with Gasteiger partial charge in [0.15, 0.2) is 0 Å². The molecule has 1 rings (SSSR count). The largest absolute Gasteiger partial charge is 0.350 e. The normalized spacial score (nSPS) is 11.5. The molecule has 96 valence electrons. The Bertz CT molecular complexity index is 360. The zero-order valence-electron chi connectivity index (χ0n) is 11.4. The molecule has 0 saturated heterocycles. The zero-order valence-corrected chi connectivity index (χ0v) is 11.4. The Balaban J connectivity index is 2.56. The molecule has 1 aromatic rings. The number of nitrogens with one attached hydrogen (secondary N) is 1. The topological polar surface area (TPSA) is 46.9 Å². The molecular weight excluding hydrogens is 214 g/mol. The van der Waals surface area contributed by atoms with Crippen LogP contribution in [0.2, 0.25) is 0 Å². The van der Waals surface area contributed by atoms with E-state index in [1.807, 2.05) is 7.05 Å². The van der Waals surface area contributed by atoms with Crippen molar-refractivity contribution in [3.8, 4) is 0 Å². The first kappa shape index (κ1) is 13.7. The smallest absolute Gasteiger partial charge is 0.269 e. The number of nitrogens with zero attached hydrogens (tertiary/aromatic N) is 2. The van der Waals surface area contributed by atoms with Crippen LogP contribution in [-0.4, -0.2) is 22.0 Å². The van der Waals surface area contributed by atoms with E-state index in [4.69, 9.17) is 0 Å². The van der Waals surface area contributed by atoms with Crippen molar-refractivity contribution in [2.24, 2.45) is 24.8 Å². The molecule has 0 radical (unpaired) electrons. The fraction of sp³-hybridized carbons (Fsp3) is 0.692. The van der Waals surface area contributed by atoms with Crippen LogP contribution >= 0.6 is 0 Å². The van der Waals surface area contributed by atoms with Crippen molar-refractivity contribution in [2.75, 3.05) is 6.54 Å². The summed E-state index contributed by atoms with van der Waals surface area (Å²) in [5.41, 5.74) is 0.608. The van der Waals surface area contributed by atoms with Crippen molar-refractivity contribution < 1.29 is 4.79 Å². The predicted octanol–water partition coefficient (Wildman–Crippen LogP) is 2.08. The van der Waals surface area contributed by atoms with E-state index in [2.05, 4.69) is 38.0 Å². The van der Waals surface area contributed by atoms with Gasteiger partial charge in [0.25, 0.3) is 5.91 Å². The molecule has 1 N–H and O–H groups in total. The first-order valence-corrected chi connectivity index (χ1v) is 6.18. The Labute approximate surface area is 103 Å². The summed E-state index contributed by atoms with van der Waals surface area (Å²) in [6.07, 6.45) is 3.23. The fourth-order valence-electron chi connectivity index (χ4n) is 2.12. The van der Waals surface area contributed by atoms with E-state index < -0.39 is 0 Å². The van der Waals surface area contributed by atoms with Gasteiger partial charge in [-0.3, -0.25) is 4.79 Å². The standard InChI is InChI=1S/C13H23N3O/c1-9(2)11(10(3)4)6-15-13(17)12-7-14-8-16(12)5/h7-11H,6H2,1-5H3,(H,15,17). The molecule has 17 heavy (non-hydrogen) atoms. The highest BCUT2D eigenvalue weighted by Gasteiger charge is 2.19. The van der Waals surface area contributed by atoms with Gasteiger partial charge in [-0.15, -0.1) is 0 Å². The number of aromatic nitrogens is 2. The van der Waals surface area contributed by atoms with Crippen molar-refractivity contribution in [1.29, 1.82) is 0 Å². The van der Waals surface area contributed by atoms with Crippen molar-refractivity contribution in [1.82, 2.24) is 14.9 Å². The molecule has 0 aliphatic heterocycles. The van der Waals surface area contributed by atoms with Gasteiger partial charge >= 0.3 is 0 Å². The first-order chi connectivity index (χ1) is 7.93. The van der Waals surface area contributed by atoms with Gasteiger partial charge in [0, 0.05) is 13.6 Å². The van der Waals surface area contributed by atoms with E-state index in [0.717, 1.165) is 6.54 Å². The zero-order chi connectivity index (χ0) is 13.0. The summed E-state index contributed by atoms with van der Waals surface area (Å²) in [6.45, 7) is 9.50. The Hall–Kier alpha value is -1.32. The molecule has 0 aliphatic carbocycles. The third-order valence-corrected chi connectivity index (χ3v) is 3.26. The molecule has 0 aromatic carbocycles. The Morgan fingerprint density at radius 2 is 1.94 bits per heavy atom. The van der Waals surface area contributed by atoms with E-state index in [9.17, 15) is 4.79 Å². The fourth-order valence-corrected chi connectivity index (χ4v) is 2.12. The van der Waals surface area contributed by atoms with Gasteiger partial charge in [0.1, 0.15) is 5.69 Å². The lowest BCUT2D eigenvalue weighted by molar-refractivity contribution is 0.0929. The maximum absolute atomic E-state index is 11.9. The highest BCUT2D eigenvalue weighted by molar-refractivity contribution is 5.92. The average molecular weight is 237 g/mol. The van der Waals surface area contributed by atoms with E-state index >= 15 is 0 Å². The van der Waals surface area contributed by atoms with Gasteiger partial charge in [0.05, 0.1) is 12.5 Å². The second-order valence-corrected chi connectivity index (χ2v) is 5.25. The third kappa shape index (κ3) is 3.58. The minimum Gasteiger partial charge on any atom is -0.350 e. The predicted molar refractivity (Wildman–Crippen MR) is 68.7 cm³/mol. The van der Waals surface area contributed by atoms with Crippen LogP contribution < -0.4 is 5.32 Å². The van der Waals surface area contributed by atoms with Crippen molar-refractivity contribution in [3.63, 3.8) is 0 Å². The number of carbonyl (C=O) groups excluding carboxylic acids is 1. The molecule has 0 atom stereocenters. The van der Waals surface area contributed by atoms with Crippen LogP contribution in [0.3, 0.4) is 0 Å². The van der Waals surface area contributed by atoms with Gasteiger partial charge in [-0.1, -0.05) is 27.7 Å². The summed E-state index contributed by atoms with van der Waals surface area (Å²) in [7, 11) is 1.82. The number of aryl methyl sites for hydroxylation is 1. The Kier molecular flexibility index (Phi) is 4.73. The number of imidazole rings is 1. The molecular formula is C13H23N3O. The van der Waals surface area contributed by atoms with Crippen molar-refractivity contribution in [2.45, 2.75) is 27.7 Å². The molecule has 1 heterocycles. The minimum absolute atomic E-state index is 0.0451. The molecule has 0 unspecified atom stereocenters. The van der Waals surface area contributed by atoms with Crippen LogP contribution in [0.5, 0.6) is 0 Å². The second kappa shape index (κ2) is 5.84. The van der Waals surface area contributed by atoms with Crippen LogP contribution in [0.25, 0.3) is 0 Å². The highest BCUT2D eigenvalue weighted by Crippen LogP contribution is 2.19. The second-order valence-electron chi connectivity index (χ2n) is 5.25. The van der Waals surface area contributed by atoms with Gasteiger partial charge in [-0.05, 0) is 17.8 Å². The molecule has 0 fully saturated rings. The van der Waals surface area contributed by atoms with E-state index in [-0.39, 0.29) is 5.91 Å². The molecule has 4 nitrogen and oxygen atoms in total. The van der Waals surface area contributed by atoms with Crippen LogP contribution in [-0.2, 0) is 7.05 Å².